The second kappa shape index (κ2) is 7.35. The number of morpholine rings is 1. The molecule has 3 atom stereocenters. The standard InChI is InChI=1S/C17H19F2NO5/c18-17(19)25-11-3-1-2-10(8-11)14-9-20(6-7-24-14)15(21)12-4-5-13(12)16(22)23/h1-3,8,12-14,17H,4-7,9H2,(H,22,23). The second-order valence-corrected chi connectivity index (χ2v) is 6.22. The molecule has 6 nitrogen and oxygen atoms in total. The Morgan fingerprint density at radius 2 is 2.04 bits per heavy atom. The van der Waals surface area contributed by atoms with Gasteiger partial charge in [0.1, 0.15) is 11.9 Å². The van der Waals surface area contributed by atoms with Gasteiger partial charge < -0.3 is 19.5 Å². The van der Waals surface area contributed by atoms with E-state index in [0.29, 0.717) is 31.6 Å². The normalized spacial score (nSPS) is 26.2. The number of alkyl halides is 2. The zero-order chi connectivity index (χ0) is 18.0. The maximum Gasteiger partial charge on any atom is 0.387 e. The predicted octanol–water partition coefficient (Wildman–Crippen LogP) is 2.30. The number of carboxylic acids is 1. The summed E-state index contributed by atoms with van der Waals surface area (Å²) in [6, 6.07) is 6.20. The lowest BCUT2D eigenvalue weighted by molar-refractivity contribution is -0.160. The average molecular weight is 355 g/mol. The predicted molar refractivity (Wildman–Crippen MR) is 82.2 cm³/mol. The molecule has 0 bridgehead atoms. The average Bonchev–Trinajstić information content (AvgIpc) is 2.53. The summed E-state index contributed by atoms with van der Waals surface area (Å²) < 4.78 is 34.7. The molecule has 2 fully saturated rings. The molecule has 1 N–H and O–H groups in total. The first-order valence-electron chi connectivity index (χ1n) is 8.13. The fourth-order valence-electron chi connectivity index (χ4n) is 3.27. The molecular formula is C17H19F2NO5. The molecule has 136 valence electrons. The molecule has 0 spiro atoms. The van der Waals surface area contributed by atoms with Crippen LogP contribution in [0.1, 0.15) is 24.5 Å². The second-order valence-electron chi connectivity index (χ2n) is 6.22. The van der Waals surface area contributed by atoms with Gasteiger partial charge in [-0.3, -0.25) is 9.59 Å². The summed E-state index contributed by atoms with van der Waals surface area (Å²) in [5, 5.41) is 9.11. The Kier molecular flexibility index (Phi) is 5.17. The van der Waals surface area contributed by atoms with Gasteiger partial charge in [-0.25, -0.2) is 0 Å². The first kappa shape index (κ1) is 17.6. The summed E-state index contributed by atoms with van der Waals surface area (Å²) in [7, 11) is 0. The molecule has 1 heterocycles. The van der Waals surface area contributed by atoms with Crippen molar-refractivity contribution in [3.05, 3.63) is 29.8 Å². The highest BCUT2D eigenvalue weighted by molar-refractivity contribution is 5.86. The van der Waals surface area contributed by atoms with Crippen LogP contribution in [0.3, 0.4) is 0 Å². The lowest BCUT2D eigenvalue weighted by Gasteiger charge is -2.39. The van der Waals surface area contributed by atoms with Crippen molar-refractivity contribution < 1.29 is 33.0 Å². The van der Waals surface area contributed by atoms with Gasteiger partial charge in [-0.05, 0) is 30.5 Å². The van der Waals surface area contributed by atoms with Gasteiger partial charge >= 0.3 is 12.6 Å². The van der Waals surface area contributed by atoms with E-state index in [-0.39, 0.29) is 18.2 Å². The number of rotatable bonds is 5. The molecule has 1 saturated heterocycles. The van der Waals surface area contributed by atoms with E-state index in [1.54, 1.807) is 17.0 Å². The third kappa shape index (κ3) is 3.89. The lowest BCUT2D eigenvalue weighted by Crippen LogP contribution is -2.50. The van der Waals surface area contributed by atoms with Crippen LogP contribution >= 0.6 is 0 Å². The number of ether oxygens (including phenoxy) is 2. The maximum absolute atomic E-state index is 12.6. The molecule has 1 aliphatic carbocycles. The first-order chi connectivity index (χ1) is 12.0. The number of benzene rings is 1. The Bertz CT molecular complexity index is 654. The lowest BCUT2D eigenvalue weighted by atomic mass is 9.73. The van der Waals surface area contributed by atoms with Crippen LogP contribution in [-0.4, -0.2) is 48.2 Å². The summed E-state index contributed by atoms with van der Waals surface area (Å²) in [4.78, 5) is 25.3. The number of hydrogen-bond donors (Lipinski definition) is 1. The van der Waals surface area contributed by atoms with E-state index in [4.69, 9.17) is 9.84 Å². The van der Waals surface area contributed by atoms with Crippen molar-refractivity contribution in [2.45, 2.75) is 25.6 Å². The molecule has 1 saturated carbocycles. The van der Waals surface area contributed by atoms with E-state index in [1.807, 2.05) is 0 Å². The molecule has 0 aromatic heterocycles. The van der Waals surface area contributed by atoms with E-state index in [9.17, 15) is 18.4 Å². The number of nitrogens with zero attached hydrogens (tertiary/aromatic N) is 1. The van der Waals surface area contributed by atoms with Gasteiger partial charge in [0.2, 0.25) is 5.91 Å². The van der Waals surface area contributed by atoms with Gasteiger partial charge in [0.05, 0.1) is 25.0 Å². The zero-order valence-electron chi connectivity index (χ0n) is 13.4. The monoisotopic (exact) mass is 355 g/mol. The summed E-state index contributed by atoms with van der Waals surface area (Å²) >= 11 is 0. The van der Waals surface area contributed by atoms with Crippen LogP contribution in [0.25, 0.3) is 0 Å². The summed E-state index contributed by atoms with van der Waals surface area (Å²) in [6.07, 6.45) is 0.643. The van der Waals surface area contributed by atoms with Crippen LogP contribution in [0.4, 0.5) is 8.78 Å². The van der Waals surface area contributed by atoms with Crippen LogP contribution in [-0.2, 0) is 14.3 Å². The number of hydrogen-bond acceptors (Lipinski definition) is 4. The fraction of sp³-hybridized carbons (Fsp3) is 0.529. The Hall–Kier alpha value is -2.22. The van der Waals surface area contributed by atoms with Crippen molar-refractivity contribution in [1.82, 2.24) is 4.90 Å². The molecule has 1 aliphatic heterocycles. The molecule has 3 rings (SSSR count). The van der Waals surface area contributed by atoms with Crippen LogP contribution in [0, 0.1) is 11.8 Å². The minimum atomic E-state index is -2.91. The van der Waals surface area contributed by atoms with Crippen LogP contribution < -0.4 is 4.74 Å². The third-order valence-electron chi connectivity index (χ3n) is 4.74. The molecule has 2 aliphatic rings. The number of aliphatic carboxylic acids is 1. The van der Waals surface area contributed by atoms with E-state index < -0.39 is 30.5 Å². The van der Waals surface area contributed by atoms with E-state index >= 15 is 0 Å². The molecule has 3 unspecified atom stereocenters. The van der Waals surface area contributed by atoms with Crippen LogP contribution in [0.5, 0.6) is 5.75 Å². The highest BCUT2D eigenvalue weighted by Gasteiger charge is 2.44. The number of carbonyl (C=O) groups excluding carboxylic acids is 1. The molecule has 1 amide bonds. The number of halogens is 2. The molecule has 8 heteroatoms. The number of carbonyl (C=O) groups is 2. The smallest absolute Gasteiger partial charge is 0.387 e. The molecule has 1 aromatic rings. The summed E-state index contributed by atoms with van der Waals surface area (Å²) in [5.74, 6) is -2.18. The van der Waals surface area contributed by atoms with Gasteiger partial charge in [0, 0.05) is 6.54 Å². The van der Waals surface area contributed by atoms with Crippen molar-refractivity contribution in [2.75, 3.05) is 19.7 Å². The van der Waals surface area contributed by atoms with Gasteiger partial charge in [0.25, 0.3) is 0 Å². The van der Waals surface area contributed by atoms with Gasteiger partial charge in [-0.2, -0.15) is 8.78 Å². The van der Waals surface area contributed by atoms with Crippen LogP contribution in [0.15, 0.2) is 24.3 Å². The Morgan fingerprint density at radius 3 is 2.68 bits per heavy atom. The first-order valence-corrected chi connectivity index (χ1v) is 8.13. The fourth-order valence-corrected chi connectivity index (χ4v) is 3.27. The van der Waals surface area contributed by atoms with Gasteiger partial charge in [-0.15, -0.1) is 0 Å². The number of amides is 1. The zero-order valence-corrected chi connectivity index (χ0v) is 13.4. The quantitative estimate of drug-likeness (QED) is 0.877. The van der Waals surface area contributed by atoms with Crippen molar-refractivity contribution in [3.63, 3.8) is 0 Å². The Morgan fingerprint density at radius 1 is 1.28 bits per heavy atom. The van der Waals surface area contributed by atoms with Gasteiger partial charge in [0.15, 0.2) is 0 Å². The summed E-state index contributed by atoms with van der Waals surface area (Å²) in [6.45, 7) is -1.95. The van der Waals surface area contributed by atoms with Crippen molar-refractivity contribution in [1.29, 1.82) is 0 Å². The van der Waals surface area contributed by atoms with Gasteiger partial charge in [-0.1, -0.05) is 12.1 Å². The van der Waals surface area contributed by atoms with E-state index in [2.05, 4.69) is 4.74 Å². The van der Waals surface area contributed by atoms with Crippen molar-refractivity contribution >= 4 is 11.9 Å². The largest absolute Gasteiger partial charge is 0.481 e. The highest BCUT2D eigenvalue weighted by atomic mass is 19.3. The van der Waals surface area contributed by atoms with Crippen LogP contribution in [0.2, 0.25) is 0 Å². The topological polar surface area (TPSA) is 76.1 Å². The molecule has 25 heavy (non-hydrogen) atoms. The summed E-state index contributed by atoms with van der Waals surface area (Å²) in [5.41, 5.74) is 0.638. The number of carboxylic acid groups (broad SMARTS) is 1. The molecule has 0 radical (unpaired) electrons. The minimum Gasteiger partial charge on any atom is -0.481 e. The van der Waals surface area contributed by atoms with Crippen molar-refractivity contribution in [2.24, 2.45) is 11.8 Å². The Labute approximate surface area is 143 Å². The van der Waals surface area contributed by atoms with E-state index in [0.717, 1.165) is 0 Å². The highest BCUT2D eigenvalue weighted by Crippen LogP contribution is 2.37. The van der Waals surface area contributed by atoms with E-state index in [1.165, 1.54) is 12.1 Å². The van der Waals surface area contributed by atoms with Crippen molar-refractivity contribution in [3.8, 4) is 5.75 Å². The molecular weight excluding hydrogens is 336 g/mol. The molecule has 1 aromatic carbocycles. The third-order valence-corrected chi connectivity index (χ3v) is 4.74. The maximum atomic E-state index is 12.6. The SMILES string of the molecule is O=C(O)C1CCC1C(=O)N1CCOC(c2cccc(OC(F)F)c2)C1. The minimum absolute atomic E-state index is 0.0319. The Balaban J connectivity index is 1.67.